The number of hydrogen-bond donors (Lipinski definition) is 1. The third kappa shape index (κ3) is 4.13. The van der Waals surface area contributed by atoms with Gasteiger partial charge in [0.15, 0.2) is 0 Å². The van der Waals surface area contributed by atoms with Gasteiger partial charge in [-0.05, 0) is 55.1 Å². The molecule has 2 aromatic rings. The maximum Gasteiger partial charge on any atom is 0.234 e. The second kappa shape index (κ2) is 8.28. The molecule has 0 saturated carbocycles. The molecule has 136 valence electrons. The van der Waals surface area contributed by atoms with Gasteiger partial charge >= 0.3 is 0 Å². The summed E-state index contributed by atoms with van der Waals surface area (Å²) < 4.78 is 0. The third-order valence-electron chi connectivity index (χ3n) is 5.35. The van der Waals surface area contributed by atoms with Gasteiger partial charge in [-0.15, -0.1) is 11.8 Å². The Morgan fingerprint density at radius 3 is 2.54 bits per heavy atom. The molecule has 26 heavy (non-hydrogen) atoms. The molecule has 2 aliphatic rings. The number of likely N-dealkylation sites (tertiary alicyclic amines) is 1. The van der Waals surface area contributed by atoms with Gasteiger partial charge in [-0.25, -0.2) is 0 Å². The van der Waals surface area contributed by atoms with E-state index in [4.69, 9.17) is 0 Å². The van der Waals surface area contributed by atoms with Gasteiger partial charge in [-0.2, -0.15) is 0 Å². The molecule has 4 rings (SSSR count). The van der Waals surface area contributed by atoms with Crippen molar-refractivity contribution in [2.24, 2.45) is 0 Å². The van der Waals surface area contributed by atoms with E-state index < -0.39 is 0 Å². The molecule has 1 saturated heterocycles. The number of nitrogens with zero attached hydrogens (tertiary/aromatic N) is 1. The summed E-state index contributed by atoms with van der Waals surface area (Å²) in [6, 6.07) is 16.9. The molecule has 0 radical (unpaired) electrons. The topological polar surface area (TPSA) is 32.3 Å². The van der Waals surface area contributed by atoms with Crippen LogP contribution in [0.25, 0.3) is 0 Å². The lowest BCUT2D eigenvalue weighted by Crippen LogP contribution is -2.33. The number of rotatable bonds is 5. The highest BCUT2D eigenvalue weighted by Gasteiger charge is 2.27. The minimum Gasteiger partial charge on any atom is -0.351 e. The van der Waals surface area contributed by atoms with Crippen LogP contribution in [0.5, 0.6) is 0 Å². The molecular weight excluding hydrogens is 340 g/mol. The van der Waals surface area contributed by atoms with E-state index in [9.17, 15) is 4.79 Å². The molecule has 3 nitrogen and oxygen atoms in total. The van der Waals surface area contributed by atoms with Crippen LogP contribution in [0.2, 0.25) is 0 Å². The molecule has 0 bridgehead atoms. The molecule has 2 aliphatic heterocycles. The maximum atomic E-state index is 12.6. The Labute approximate surface area is 160 Å². The van der Waals surface area contributed by atoms with E-state index in [2.05, 4.69) is 52.7 Å². The minimum atomic E-state index is 0.00153. The first-order chi connectivity index (χ1) is 12.8. The van der Waals surface area contributed by atoms with Gasteiger partial charge in [0.25, 0.3) is 0 Å². The Bertz CT molecular complexity index is 745. The van der Waals surface area contributed by atoms with Gasteiger partial charge in [0.05, 0.1) is 5.25 Å². The van der Waals surface area contributed by atoms with Gasteiger partial charge in [0.2, 0.25) is 5.91 Å². The van der Waals surface area contributed by atoms with Crippen molar-refractivity contribution in [3.8, 4) is 0 Å². The SMILES string of the molecule is O=C(NCc1ccccc1CN1CCCCC1)[C@H]1Cc2ccccc2S1. The van der Waals surface area contributed by atoms with Gasteiger partial charge in [0.1, 0.15) is 0 Å². The molecule has 0 spiro atoms. The molecule has 1 atom stereocenters. The molecule has 1 fully saturated rings. The zero-order valence-electron chi connectivity index (χ0n) is 15.1. The number of thioether (sulfide) groups is 1. The number of benzene rings is 2. The lowest BCUT2D eigenvalue weighted by atomic mass is 10.0. The van der Waals surface area contributed by atoms with Gasteiger partial charge in [-0.3, -0.25) is 9.69 Å². The van der Waals surface area contributed by atoms with E-state index in [1.807, 2.05) is 6.07 Å². The zero-order chi connectivity index (χ0) is 17.8. The van der Waals surface area contributed by atoms with Gasteiger partial charge < -0.3 is 5.32 Å². The molecule has 1 N–H and O–H groups in total. The Morgan fingerprint density at radius 2 is 1.73 bits per heavy atom. The average molecular weight is 367 g/mol. The number of fused-ring (bicyclic) bond motifs is 1. The summed E-state index contributed by atoms with van der Waals surface area (Å²) in [6.07, 6.45) is 4.80. The van der Waals surface area contributed by atoms with Crippen molar-refractivity contribution < 1.29 is 4.79 Å². The van der Waals surface area contributed by atoms with Crippen molar-refractivity contribution in [1.29, 1.82) is 0 Å². The van der Waals surface area contributed by atoms with Crippen LogP contribution in [0.3, 0.4) is 0 Å². The number of carbonyl (C=O) groups is 1. The third-order valence-corrected chi connectivity index (χ3v) is 6.67. The second-order valence-corrected chi connectivity index (χ2v) is 8.49. The lowest BCUT2D eigenvalue weighted by molar-refractivity contribution is -0.120. The van der Waals surface area contributed by atoms with Crippen LogP contribution in [0.1, 0.15) is 36.0 Å². The standard InChI is InChI=1S/C22H26N2OS/c25-22(21-14-17-8-4-5-11-20(17)26-21)23-15-18-9-2-3-10-19(18)16-24-12-6-1-7-13-24/h2-5,8-11,21H,1,6-7,12-16H2,(H,23,25)/t21-/m1/s1. The molecule has 4 heteroatoms. The molecule has 2 aromatic carbocycles. The molecule has 0 aromatic heterocycles. The van der Waals surface area contributed by atoms with Gasteiger partial charge in [0, 0.05) is 18.0 Å². The summed E-state index contributed by atoms with van der Waals surface area (Å²) in [5, 5.41) is 3.18. The van der Waals surface area contributed by atoms with Crippen LogP contribution in [-0.2, 0) is 24.3 Å². The highest BCUT2D eigenvalue weighted by Crippen LogP contribution is 2.36. The fourth-order valence-electron chi connectivity index (χ4n) is 3.87. The molecule has 0 aliphatic carbocycles. The van der Waals surface area contributed by atoms with E-state index >= 15 is 0 Å². The van der Waals surface area contributed by atoms with E-state index in [0.29, 0.717) is 6.54 Å². The summed E-state index contributed by atoms with van der Waals surface area (Å²) in [5.41, 5.74) is 3.88. The van der Waals surface area contributed by atoms with Crippen molar-refractivity contribution in [3.63, 3.8) is 0 Å². The van der Waals surface area contributed by atoms with E-state index in [1.165, 1.54) is 53.9 Å². The van der Waals surface area contributed by atoms with Crippen molar-refractivity contribution in [1.82, 2.24) is 10.2 Å². The number of hydrogen-bond acceptors (Lipinski definition) is 3. The quantitative estimate of drug-likeness (QED) is 0.868. The average Bonchev–Trinajstić information content (AvgIpc) is 3.12. The number of nitrogens with one attached hydrogen (secondary N) is 1. The summed E-state index contributed by atoms with van der Waals surface area (Å²) in [7, 11) is 0. The summed E-state index contributed by atoms with van der Waals surface area (Å²) >= 11 is 1.69. The highest BCUT2D eigenvalue weighted by atomic mass is 32.2. The number of carbonyl (C=O) groups excluding carboxylic acids is 1. The Balaban J connectivity index is 1.35. The van der Waals surface area contributed by atoms with E-state index in [1.54, 1.807) is 11.8 Å². The zero-order valence-corrected chi connectivity index (χ0v) is 15.9. The number of amides is 1. The van der Waals surface area contributed by atoms with Crippen molar-refractivity contribution in [2.75, 3.05) is 13.1 Å². The first-order valence-corrected chi connectivity index (χ1v) is 10.5. The largest absolute Gasteiger partial charge is 0.351 e. The summed E-state index contributed by atoms with van der Waals surface area (Å²) in [6.45, 7) is 4.00. The second-order valence-electron chi connectivity index (χ2n) is 7.24. The minimum absolute atomic E-state index is 0.00153. The normalized spacial score (nSPS) is 19.9. The summed E-state index contributed by atoms with van der Waals surface area (Å²) in [5.74, 6) is 0.152. The van der Waals surface area contributed by atoms with Crippen LogP contribution in [0.4, 0.5) is 0 Å². The van der Waals surface area contributed by atoms with Crippen molar-refractivity contribution >= 4 is 17.7 Å². The smallest absolute Gasteiger partial charge is 0.234 e. The Hall–Kier alpha value is -1.78. The maximum absolute atomic E-state index is 12.6. The van der Waals surface area contributed by atoms with E-state index in [0.717, 1.165) is 13.0 Å². The first kappa shape index (κ1) is 17.6. The van der Waals surface area contributed by atoms with Gasteiger partial charge in [-0.1, -0.05) is 48.9 Å². The van der Waals surface area contributed by atoms with Crippen molar-refractivity contribution in [2.45, 2.75) is 48.9 Å². The fourth-order valence-corrected chi connectivity index (χ4v) is 5.09. The highest BCUT2D eigenvalue weighted by molar-refractivity contribution is 8.01. The van der Waals surface area contributed by atoms with Crippen LogP contribution in [0.15, 0.2) is 53.4 Å². The predicted molar refractivity (Wildman–Crippen MR) is 107 cm³/mol. The van der Waals surface area contributed by atoms with Crippen LogP contribution in [-0.4, -0.2) is 29.1 Å². The Kier molecular flexibility index (Phi) is 5.61. The van der Waals surface area contributed by atoms with E-state index in [-0.39, 0.29) is 11.2 Å². The lowest BCUT2D eigenvalue weighted by Gasteiger charge is -2.27. The van der Waals surface area contributed by atoms with Crippen LogP contribution < -0.4 is 5.32 Å². The monoisotopic (exact) mass is 366 g/mol. The first-order valence-electron chi connectivity index (χ1n) is 9.61. The Morgan fingerprint density at radius 1 is 1.00 bits per heavy atom. The summed E-state index contributed by atoms with van der Waals surface area (Å²) in [4.78, 5) is 16.4. The fraction of sp³-hybridized carbons (Fsp3) is 0.409. The van der Waals surface area contributed by atoms with Crippen molar-refractivity contribution in [3.05, 3.63) is 65.2 Å². The number of piperidine rings is 1. The molecular formula is C22H26N2OS. The van der Waals surface area contributed by atoms with Crippen LogP contribution >= 0.6 is 11.8 Å². The predicted octanol–water partition coefficient (Wildman–Crippen LogP) is 4.01. The molecule has 0 unspecified atom stereocenters. The van der Waals surface area contributed by atoms with Crippen LogP contribution in [0, 0.1) is 0 Å². The molecule has 2 heterocycles. The molecule has 1 amide bonds.